The Bertz CT molecular complexity index is 1070. The molecule has 32 heavy (non-hydrogen) atoms. The van der Waals surface area contributed by atoms with Gasteiger partial charge in [-0.1, -0.05) is 42.0 Å². The second kappa shape index (κ2) is 9.57. The fourth-order valence-corrected chi connectivity index (χ4v) is 3.75. The molecule has 164 valence electrons. The van der Waals surface area contributed by atoms with Crippen molar-refractivity contribution in [3.05, 3.63) is 78.0 Å². The fraction of sp³-hybridized carbons (Fsp3) is 0.250. The summed E-state index contributed by atoms with van der Waals surface area (Å²) in [4.78, 5) is 49.5. The minimum Gasteiger partial charge on any atom is -0.345 e. The predicted molar refractivity (Wildman–Crippen MR) is 119 cm³/mol. The van der Waals surface area contributed by atoms with Gasteiger partial charge < -0.3 is 9.74 Å². The highest BCUT2D eigenvalue weighted by atomic mass is 16.7. The molecule has 0 saturated carbocycles. The lowest BCUT2D eigenvalue weighted by atomic mass is 10.0. The maximum atomic E-state index is 13.4. The molecule has 8 heteroatoms. The number of aliphatic imine (C=N–C) groups is 1. The topological polar surface area (TPSA) is 91.3 Å². The van der Waals surface area contributed by atoms with E-state index in [1.165, 1.54) is 11.1 Å². The molecule has 2 amide bonds. The summed E-state index contributed by atoms with van der Waals surface area (Å²) in [6.45, 7) is 2.55. The number of benzene rings is 2. The van der Waals surface area contributed by atoms with Gasteiger partial charge >= 0.3 is 5.97 Å². The smallest absolute Gasteiger partial charge is 0.345 e. The Morgan fingerprint density at radius 1 is 1.06 bits per heavy atom. The van der Waals surface area contributed by atoms with Crippen LogP contribution in [0.4, 0.5) is 5.69 Å². The summed E-state index contributed by atoms with van der Waals surface area (Å²) in [5.41, 5.74) is 3.49. The van der Waals surface area contributed by atoms with Crippen molar-refractivity contribution in [2.75, 3.05) is 11.6 Å². The first-order valence-corrected chi connectivity index (χ1v) is 10.6. The zero-order valence-corrected chi connectivity index (χ0v) is 17.7. The summed E-state index contributed by atoms with van der Waals surface area (Å²) in [7, 11) is 0. The Labute approximate surface area is 186 Å². The zero-order valence-electron chi connectivity index (χ0n) is 17.7. The number of hydrazine groups is 1. The summed E-state index contributed by atoms with van der Waals surface area (Å²) in [6, 6.07) is 17.6. The van der Waals surface area contributed by atoms with Crippen molar-refractivity contribution in [2.45, 2.75) is 32.2 Å². The van der Waals surface area contributed by atoms with Gasteiger partial charge in [-0.2, -0.15) is 0 Å². The highest BCUT2D eigenvalue weighted by Crippen LogP contribution is 2.23. The second-order valence-electron chi connectivity index (χ2n) is 7.69. The van der Waals surface area contributed by atoms with Crippen LogP contribution in [0.3, 0.4) is 0 Å². The van der Waals surface area contributed by atoms with Gasteiger partial charge in [0.05, 0.1) is 5.69 Å². The minimum atomic E-state index is -0.673. The van der Waals surface area contributed by atoms with Gasteiger partial charge in [0.15, 0.2) is 5.70 Å². The van der Waals surface area contributed by atoms with Crippen LogP contribution in [-0.4, -0.2) is 41.0 Å². The van der Waals surface area contributed by atoms with Crippen molar-refractivity contribution in [3.63, 3.8) is 0 Å². The Morgan fingerprint density at radius 3 is 2.44 bits per heavy atom. The van der Waals surface area contributed by atoms with Crippen LogP contribution in [0.1, 0.15) is 36.5 Å². The molecule has 0 radical (unpaired) electrons. The van der Waals surface area contributed by atoms with Crippen LogP contribution in [0.15, 0.2) is 77.4 Å². The van der Waals surface area contributed by atoms with Crippen LogP contribution in [-0.2, 0) is 14.4 Å². The maximum absolute atomic E-state index is 13.4. The first-order valence-electron chi connectivity index (χ1n) is 10.6. The van der Waals surface area contributed by atoms with Gasteiger partial charge in [-0.15, -0.1) is 0 Å². The van der Waals surface area contributed by atoms with Crippen molar-refractivity contribution < 1.29 is 19.2 Å². The fourth-order valence-electron chi connectivity index (χ4n) is 3.75. The number of hydrogen-bond acceptors (Lipinski definition) is 6. The Hall–Kier alpha value is -3.78. The molecule has 2 heterocycles. The van der Waals surface area contributed by atoms with E-state index in [2.05, 4.69) is 10.6 Å². The number of amides is 2. The monoisotopic (exact) mass is 432 g/mol. The van der Waals surface area contributed by atoms with Crippen LogP contribution < -0.4 is 10.6 Å². The molecular weight excluding hydrogens is 408 g/mol. The van der Waals surface area contributed by atoms with Gasteiger partial charge in [0.25, 0.3) is 11.8 Å². The van der Waals surface area contributed by atoms with E-state index in [-0.39, 0.29) is 23.4 Å². The van der Waals surface area contributed by atoms with Crippen LogP contribution in [0.2, 0.25) is 0 Å². The number of hydrogen-bond donors (Lipinski definition) is 1. The van der Waals surface area contributed by atoms with Crippen LogP contribution in [0.25, 0.3) is 0 Å². The molecule has 1 N–H and O–H groups in total. The molecule has 2 aromatic rings. The predicted octanol–water partition coefficient (Wildman–Crippen LogP) is 3.04. The normalized spacial score (nSPS) is 20.4. The number of carbonyl (C=O) groups is 3. The number of para-hydroxylation sites is 1. The van der Waals surface area contributed by atoms with Crippen LogP contribution in [0.5, 0.6) is 0 Å². The second-order valence-corrected chi connectivity index (χ2v) is 7.69. The molecule has 2 aromatic carbocycles. The average Bonchev–Trinajstić information content (AvgIpc) is 3.19. The number of nitrogens with one attached hydrogen (secondary N) is 1. The molecule has 2 aliphatic rings. The number of piperidine rings is 1. The number of nitrogens with zero attached hydrogens (tertiary/aromatic N) is 3. The Balaban J connectivity index is 1.74. The summed E-state index contributed by atoms with van der Waals surface area (Å²) in [5, 5.41) is 1.41. The van der Waals surface area contributed by atoms with E-state index in [9.17, 15) is 14.4 Å². The molecule has 0 spiro atoms. The van der Waals surface area contributed by atoms with Crippen molar-refractivity contribution in [1.82, 2.24) is 10.5 Å². The minimum absolute atomic E-state index is 0.0190. The molecule has 1 atom stereocenters. The summed E-state index contributed by atoms with van der Waals surface area (Å²) >= 11 is 0. The Kier molecular flexibility index (Phi) is 6.42. The lowest BCUT2D eigenvalue weighted by molar-refractivity contribution is -0.140. The summed E-state index contributed by atoms with van der Waals surface area (Å²) < 4.78 is 0. The first-order chi connectivity index (χ1) is 15.5. The molecule has 2 fully saturated rings. The van der Waals surface area contributed by atoms with E-state index in [1.54, 1.807) is 47.4 Å². The van der Waals surface area contributed by atoms with Crippen LogP contribution in [0, 0.1) is 0 Å². The molecule has 1 unspecified atom stereocenters. The molecule has 2 aliphatic heterocycles. The number of anilines is 1. The van der Waals surface area contributed by atoms with E-state index in [0.29, 0.717) is 17.8 Å². The highest BCUT2D eigenvalue weighted by molar-refractivity contribution is 6.45. The molecule has 0 aromatic heterocycles. The number of likely N-dealkylation sites (tertiary alicyclic amines) is 1. The van der Waals surface area contributed by atoms with Gasteiger partial charge in [0.1, 0.15) is 5.71 Å². The third kappa shape index (κ3) is 4.60. The summed E-state index contributed by atoms with van der Waals surface area (Å²) in [6.07, 6.45) is 4.12. The molecule has 8 nitrogen and oxygen atoms in total. The summed E-state index contributed by atoms with van der Waals surface area (Å²) in [5.74, 6) is -1.61. The van der Waals surface area contributed by atoms with Gasteiger partial charge in [-0.05, 0) is 50.5 Å². The van der Waals surface area contributed by atoms with E-state index < -0.39 is 11.9 Å². The van der Waals surface area contributed by atoms with E-state index in [0.717, 1.165) is 19.3 Å². The van der Waals surface area contributed by atoms with E-state index in [1.807, 2.05) is 25.1 Å². The van der Waals surface area contributed by atoms with Crippen molar-refractivity contribution in [2.24, 2.45) is 4.99 Å². The number of rotatable bonds is 4. The maximum Gasteiger partial charge on any atom is 0.376 e. The molecule has 0 aliphatic carbocycles. The van der Waals surface area contributed by atoms with E-state index >= 15 is 0 Å². The van der Waals surface area contributed by atoms with Crippen molar-refractivity contribution >= 4 is 29.2 Å². The standard InChI is InChI=1S/C24H24N4O4/c1-17-10-8-9-15-27(17)23(30)20(25-22(29)18-11-4-2-5-12-18)16-21-24(31)32-26-28(21)19-13-6-3-7-14-19/h2-7,11-14,16-17,26H,8-10,15H2,1H3/b21-16+,25-20?. The molecule has 4 rings (SSSR count). The van der Waals surface area contributed by atoms with E-state index in [4.69, 9.17) is 4.84 Å². The third-order valence-corrected chi connectivity index (χ3v) is 5.49. The van der Waals surface area contributed by atoms with Gasteiger partial charge in [0, 0.05) is 24.2 Å². The Morgan fingerprint density at radius 2 is 1.75 bits per heavy atom. The van der Waals surface area contributed by atoms with Gasteiger partial charge in [0.2, 0.25) is 0 Å². The zero-order chi connectivity index (χ0) is 22.5. The first kappa shape index (κ1) is 21.5. The lowest BCUT2D eigenvalue weighted by Crippen LogP contribution is -2.45. The largest absolute Gasteiger partial charge is 0.376 e. The van der Waals surface area contributed by atoms with Crippen LogP contribution >= 0.6 is 0 Å². The van der Waals surface area contributed by atoms with Gasteiger partial charge in [-0.25, -0.2) is 14.8 Å². The molecule has 2 saturated heterocycles. The average molecular weight is 432 g/mol. The lowest BCUT2D eigenvalue weighted by Gasteiger charge is -2.33. The highest BCUT2D eigenvalue weighted by Gasteiger charge is 2.33. The van der Waals surface area contributed by atoms with Crippen molar-refractivity contribution in [3.8, 4) is 0 Å². The quantitative estimate of drug-likeness (QED) is 0.590. The number of carbonyl (C=O) groups excluding carboxylic acids is 3. The van der Waals surface area contributed by atoms with Crippen molar-refractivity contribution in [1.29, 1.82) is 0 Å². The third-order valence-electron chi connectivity index (χ3n) is 5.49. The molecular formula is C24H24N4O4. The van der Waals surface area contributed by atoms with Gasteiger partial charge in [-0.3, -0.25) is 9.59 Å². The SMILES string of the molecule is CC1CCCCN1C(=O)C(/C=C1\C(=O)ONN1c1ccccc1)=NC(=O)c1ccccc1. The molecule has 0 bridgehead atoms.